The van der Waals surface area contributed by atoms with Gasteiger partial charge in [0.15, 0.2) is 11.5 Å². The molecule has 0 aromatic heterocycles. The maximum absolute atomic E-state index is 14.2. The van der Waals surface area contributed by atoms with Gasteiger partial charge in [-0.05, 0) is 19.9 Å². The van der Waals surface area contributed by atoms with E-state index >= 15 is 0 Å². The van der Waals surface area contributed by atoms with E-state index in [0.717, 1.165) is 0 Å². The molecule has 124 valence electrons. The number of halogens is 2. The van der Waals surface area contributed by atoms with Gasteiger partial charge < -0.3 is 19.7 Å². The summed E-state index contributed by atoms with van der Waals surface area (Å²) >= 11 is 0. The lowest BCUT2D eigenvalue weighted by atomic mass is 10.0. The second kappa shape index (κ2) is 7.65. The van der Waals surface area contributed by atoms with E-state index in [0.29, 0.717) is 18.8 Å². The summed E-state index contributed by atoms with van der Waals surface area (Å²) in [6, 6.07) is 2.75. The number of amides is 1. The van der Waals surface area contributed by atoms with Crippen LogP contribution >= 0.6 is 12.4 Å². The summed E-state index contributed by atoms with van der Waals surface area (Å²) in [5.74, 6) is -0.309. The Morgan fingerprint density at radius 3 is 2.45 bits per heavy atom. The first kappa shape index (κ1) is 18.5. The number of nitrogens with zero attached hydrogens (tertiary/aromatic N) is 1. The Morgan fingerprint density at radius 2 is 1.86 bits per heavy atom. The highest BCUT2D eigenvalue weighted by molar-refractivity contribution is 5.95. The zero-order valence-corrected chi connectivity index (χ0v) is 14.0. The largest absolute Gasteiger partial charge is 0.493 e. The molecule has 0 saturated carbocycles. The number of ether oxygens (including phenoxy) is 2. The summed E-state index contributed by atoms with van der Waals surface area (Å²) < 4.78 is 24.4. The molecule has 1 aliphatic rings. The molecule has 2 atom stereocenters. The van der Waals surface area contributed by atoms with E-state index in [1.807, 2.05) is 13.8 Å². The molecular formula is C15H22ClFN2O3. The third-order valence-electron chi connectivity index (χ3n) is 4.00. The summed E-state index contributed by atoms with van der Waals surface area (Å²) in [5, 5.41) is 3.29. The number of piperazine rings is 1. The van der Waals surface area contributed by atoms with Gasteiger partial charge in [-0.2, -0.15) is 0 Å². The second-order valence-electron chi connectivity index (χ2n) is 5.17. The van der Waals surface area contributed by atoms with E-state index < -0.39 is 5.82 Å². The van der Waals surface area contributed by atoms with E-state index in [1.165, 1.54) is 26.4 Å². The predicted octanol–water partition coefficient (Wildman–Crippen LogP) is 2.09. The van der Waals surface area contributed by atoms with Gasteiger partial charge in [0.1, 0.15) is 5.82 Å². The number of carbonyl (C=O) groups is 1. The molecular weight excluding hydrogens is 311 g/mol. The molecule has 2 unspecified atom stereocenters. The second-order valence-corrected chi connectivity index (χ2v) is 5.17. The van der Waals surface area contributed by atoms with Crippen LogP contribution in [0.25, 0.3) is 0 Å². The maximum Gasteiger partial charge on any atom is 0.257 e. The molecule has 1 fully saturated rings. The molecule has 1 amide bonds. The van der Waals surface area contributed by atoms with Crippen LogP contribution in [0.1, 0.15) is 24.2 Å². The maximum atomic E-state index is 14.2. The van der Waals surface area contributed by atoms with E-state index in [2.05, 4.69) is 5.32 Å². The molecule has 0 radical (unpaired) electrons. The number of benzene rings is 1. The molecule has 0 spiro atoms. The van der Waals surface area contributed by atoms with E-state index in [1.54, 1.807) is 4.90 Å². The molecule has 2 rings (SSSR count). The molecule has 5 nitrogen and oxygen atoms in total. The van der Waals surface area contributed by atoms with Crippen LogP contribution in [0.4, 0.5) is 4.39 Å². The van der Waals surface area contributed by atoms with Crippen LogP contribution in [0.2, 0.25) is 0 Å². The van der Waals surface area contributed by atoms with Crippen molar-refractivity contribution >= 4 is 18.3 Å². The van der Waals surface area contributed by atoms with Crippen LogP contribution in [0.3, 0.4) is 0 Å². The molecule has 1 heterocycles. The third kappa shape index (κ3) is 3.44. The van der Waals surface area contributed by atoms with Crippen LogP contribution in [0, 0.1) is 5.82 Å². The number of rotatable bonds is 3. The fourth-order valence-electron chi connectivity index (χ4n) is 2.52. The van der Waals surface area contributed by atoms with Crippen molar-refractivity contribution in [1.29, 1.82) is 0 Å². The Labute approximate surface area is 136 Å². The zero-order valence-electron chi connectivity index (χ0n) is 13.2. The van der Waals surface area contributed by atoms with E-state index in [-0.39, 0.29) is 41.7 Å². The lowest BCUT2D eigenvalue weighted by molar-refractivity contribution is 0.0597. The molecule has 0 bridgehead atoms. The highest BCUT2D eigenvalue weighted by Gasteiger charge is 2.30. The average Bonchev–Trinajstić information content (AvgIpc) is 2.49. The highest BCUT2D eigenvalue weighted by atomic mass is 35.5. The number of methoxy groups -OCH3 is 2. The summed E-state index contributed by atoms with van der Waals surface area (Å²) in [6.07, 6.45) is 0. The van der Waals surface area contributed by atoms with E-state index in [9.17, 15) is 9.18 Å². The minimum absolute atomic E-state index is 0. The molecule has 1 aromatic rings. The normalized spacial score (nSPS) is 21.0. The minimum Gasteiger partial charge on any atom is -0.493 e. The number of hydrogen-bond acceptors (Lipinski definition) is 4. The fraction of sp³-hybridized carbons (Fsp3) is 0.533. The quantitative estimate of drug-likeness (QED) is 0.921. The van der Waals surface area contributed by atoms with Crippen LogP contribution < -0.4 is 14.8 Å². The van der Waals surface area contributed by atoms with Gasteiger partial charge >= 0.3 is 0 Å². The third-order valence-corrected chi connectivity index (χ3v) is 4.00. The van der Waals surface area contributed by atoms with Crippen LogP contribution in [-0.4, -0.2) is 50.2 Å². The lowest BCUT2D eigenvalue weighted by Gasteiger charge is -2.38. The molecule has 1 aromatic carbocycles. The summed E-state index contributed by atoms with van der Waals surface area (Å²) in [7, 11) is 2.89. The van der Waals surface area contributed by atoms with Crippen molar-refractivity contribution < 1.29 is 18.7 Å². The summed E-state index contributed by atoms with van der Waals surface area (Å²) in [5.41, 5.74) is 0.00796. The van der Waals surface area contributed by atoms with Crippen LogP contribution in [-0.2, 0) is 0 Å². The Balaban J connectivity index is 0.00000242. The Morgan fingerprint density at radius 1 is 1.27 bits per heavy atom. The van der Waals surface area contributed by atoms with Crippen molar-refractivity contribution in [3.63, 3.8) is 0 Å². The summed E-state index contributed by atoms with van der Waals surface area (Å²) in [4.78, 5) is 14.3. The highest BCUT2D eigenvalue weighted by Crippen LogP contribution is 2.30. The topological polar surface area (TPSA) is 50.8 Å². The molecule has 1 saturated heterocycles. The van der Waals surface area contributed by atoms with Crippen molar-refractivity contribution in [2.45, 2.75) is 25.9 Å². The minimum atomic E-state index is -0.601. The zero-order chi connectivity index (χ0) is 15.6. The number of nitrogens with one attached hydrogen (secondary N) is 1. The molecule has 7 heteroatoms. The Hall–Kier alpha value is -1.53. The smallest absolute Gasteiger partial charge is 0.257 e. The van der Waals surface area contributed by atoms with E-state index in [4.69, 9.17) is 9.47 Å². The van der Waals surface area contributed by atoms with Gasteiger partial charge in [0, 0.05) is 31.2 Å². The monoisotopic (exact) mass is 332 g/mol. The van der Waals surface area contributed by atoms with Gasteiger partial charge in [0.2, 0.25) is 0 Å². The van der Waals surface area contributed by atoms with Crippen molar-refractivity contribution in [2.75, 3.05) is 27.3 Å². The van der Waals surface area contributed by atoms with Crippen LogP contribution in [0.15, 0.2) is 12.1 Å². The van der Waals surface area contributed by atoms with Crippen molar-refractivity contribution in [1.82, 2.24) is 10.2 Å². The first-order valence-corrected chi connectivity index (χ1v) is 6.95. The first-order valence-electron chi connectivity index (χ1n) is 6.95. The standard InChI is InChI=1S/C15H21FN2O3.ClH/c1-9-10(2)18(6-5-17-9)15(19)11-7-13(20-3)14(21-4)8-12(11)16;/h7-10,17H,5-6H2,1-4H3;1H. The van der Waals surface area contributed by atoms with Gasteiger partial charge in [-0.15, -0.1) is 12.4 Å². The Bertz CT molecular complexity index is 542. The van der Waals surface area contributed by atoms with Crippen molar-refractivity contribution in [3.05, 3.63) is 23.5 Å². The number of carbonyl (C=O) groups excluding carboxylic acids is 1. The molecule has 22 heavy (non-hydrogen) atoms. The Kier molecular flexibility index (Phi) is 6.44. The van der Waals surface area contributed by atoms with Crippen molar-refractivity contribution in [3.8, 4) is 11.5 Å². The SMILES string of the molecule is COc1cc(F)c(C(=O)N2CCNC(C)C2C)cc1OC.Cl. The predicted molar refractivity (Wildman–Crippen MR) is 84.7 cm³/mol. The molecule has 1 N–H and O–H groups in total. The van der Waals surface area contributed by atoms with Crippen molar-refractivity contribution in [2.24, 2.45) is 0 Å². The molecule has 0 aliphatic carbocycles. The van der Waals surface area contributed by atoms with Gasteiger partial charge in [-0.25, -0.2) is 4.39 Å². The molecule has 1 aliphatic heterocycles. The van der Waals surface area contributed by atoms with Gasteiger partial charge in [0.25, 0.3) is 5.91 Å². The van der Waals surface area contributed by atoms with Gasteiger partial charge in [0.05, 0.1) is 19.8 Å². The first-order chi connectivity index (χ1) is 9.99. The lowest BCUT2D eigenvalue weighted by Crippen LogP contribution is -2.57. The average molecular weight is 333 g/mol. The fourth-order valence-corrected chi connectivity index (χ4v) is 2.52. The number of hydrogen-bond donors (Lipinski definition) is 1. The summed E-state index contributed by atoms with van der Waals surface area (Å²) in [6.45, 7) is 5.22. The van der Waals surface area contributed by atoms with Gasteiger partial charge in [-0.1, -0.05) is 0 Å². The van der Waals surface area contributed by atoms with Crippen LogP contribution in [0.5, 0.6) is 11.5 Å². The van der Waals surface area contributed by atoms with Gasteiger partial charge in [-0.3, -0.25) is 4.79 Å².